The van der Waals surface area contributed by atoms with Gasteiger partial charge < -0.3 is 19.5 Å². The fraction of sp³-hybridized carbons (Fsp3) is 0.357. The first kappa shape index (κ1) is 23.6. The van der Waals surface area contributed by atoms with E-state index in [0.717, 1.165) is 67.9 Å². The molecule has 1 atom stereocenters. The Labute approximate surface area is 211 Å². The normalized spacial score (nSPS) is 15.5. The molecule has 6 nitrogen and oxygen atoms in total. The number of nitrogens with one attached hydrogen (secondary N) is 1. The maximum Gasteiger partial charge on any atom is 0.226 e. The summed E-state index contributed by atoms with van der Waals surface area (Å²) in [5, 5.41) is 1.95. The molecule has 2 aromatic heterocycles. The summed E-state index contributed by atoms with van der Waals surface area (Å²) >= 11 is 6.34. The van der Waals surface area contributed by atoms with Crippen molar-refractivity contribution < 1.29 is 4.74 Å². The molecule has 35 heavy (non-hydrogen) atoms. The van der Waals surface area contributed by atoms with Crippen LogP contribution in [0.2, 0.25) is 5.02 Å². The van der Waals surface area contributed by atoms with Crippen LogP contribution < -0.4 is 9.64 Å². The average molecular weight is 490 g/mol. The number of H-pyrrole nitrogens is 1. The molecule has 1 aliphatic rings. The Kier molecular flexibility index (Phi) is 7.21. The Morgan fingerprint density at radius 3 is 2.60 bits per heavy atom. The van der Waals surface area contributed by atoms with Gasteiger partial charge in [0.2, 0.25) is 5.95 Å². The third kappa shape index (κ3) is 5.00. The van der Waals surface area contributed by atoms with Crippen LogP contribution >= 0.6 is 11.6 Å². The maximum atomic E-state index is 6.34. The van der Waals surface area contributed by atoms with Crippen LogP contribution in [-0.4, -0.2) is 52.6 Å². The third-order valence-corrected chi connectivity index (χ3v) is 7.11. The molecule has 7 heteroatoms. The van der Waals surface area contributed by atoms with Crippen LogP contribution in [0.15, 0.2) is 60.9 Å². The highest BCUT2D eigenvalue weighted by Gasteiger charge is 2.33. The van der Waals surface area contributed by atoms with Crippen molar-refractivity contribution in [3.63, 3.8) is 0 Å². The number of benzene rings is 2. The van der Waals surface area contributed by atoms with Crippen LogP contribution in [0.3, 0.4) is 0 Å². The minimum absolute atomic E-state index is 0.0240. The van der Waals surface area contributed by atoms with Gasteiger partial charge in [-0.1, -0.05) is 37.6 Å². The Morgan fingerprint density at radius 1 is 1.09 bits per heavy atom. The smallest absolute Gasteiger partial charge is 0.226 e. The second-order valence-corrected chi connectivity index (χ2v) is 9.34. The summed E-state index contributed by atoms with van der Waals surface area (Å²) in [6, 6.07) is 16.4. The summed E-state index contributed by atoms with van der Waals surface area (Å²) in [5.41, 5.74) is 4.77. The summed E-state index contributed by atoms with van der Waals surface area (Å²) < 4.78 is 6.04. The molecule has 0 radical (unpaired) electrons. The number of aromatic nitrogens is 3. The van der Waals surface area contributed by atoms with E-state index in [9.17, 15) is 0 Å². The number of hydrogen-bond acceptors (Lipinski definition) is 5. The predicted octanol–water partition coefficient (Wildman–Crippen LogP) is 5.87. The molecule has 0 saturated heterocycles. The van der Waals surface area contributed by atoms with Gasteiger partial charge in [0.15, 0.2) is 0 Å². The van der Waals surface area contributed by atoms with E-state index in [2.05, 4.69) is 75.0 Å². The summed E-state index contributed by atoms with van der Waals surface area (Å²) in [7, 11) is 0. The van der Waals surface area contributed by atoms with Crippen molar-refractivity contribution in [3.05, 3.63) is 82.8 Å². The van der Waals surface area contributed by atoms with E-state index < -0.39 is 0 Å². The predicted molar refractivity (Wildman–Crippen MR) is 143 cm³/mol. The van der Waals surface area contributed by atoms with Crippen LogP contribution in [0.1, 0.15) is 43.1 Å². The van der Waals surface area contributed by atoms with Gasteiger partial charge in [-0.2, -0.15) is 0 Å². The first-order chi connectivity index (χ1) is 17.2. The molecule has 1 N–H and O–H groups in total. The Bertz CT molecular complexity index is 1250. The van der Waals surface area contributed by atoms with E-state index in [1.54, 1.807) is 12.4 Å². The average Bonchev–Trinajstić information content (AvgIpc) is 3.27. The SMILES string of the molecule is CCN(CC)CCCOc1ccc(C2c3[nH]c4ccc(Cl)cc4c3CCN2c2ncccn2)cc1. The van der Waals surface area contributed by atoms with Crippen LogP contribution in [0.4, 0.5) is 5.95 Å². The molecule has 1 unspecified atom stereocenters. The second kappa shape index (κ2) is 10.7. The minimum atomic E-state index is -0.0240. The van der Waals surface area contributed by atoms with E-state index >= 15 is 0 Å². The number of ether oxygens (including phenoxy) is 1. The molecule has 0 fully saturated rings. The Hall–Kier alpha value is -3.09. The van der Waals surface area contributed by atoms with E-state index in [1.165, 1.54) is 22.2 Å². The lowest BCUT2D eigenvalue weighted by Crippen LogP contribution is -2.37. The Balaban J connectivity index is 1.42. The summed E-state index contributed by atoms with van der Waals surface area (Å²) in [5.74, 6) is 1.63. The van der Waals surface area contributed by atoms with Crippen molar-refractivity contribution in [3.8, 4) is 5.75 Å². The second-order valence-electron chi connectivity index (χ2n) is 8.90. The van der Waals surface area contributed by atoms with Gasteiger partial charge in [-0.25, -0.2) is 9.97 Å². The van der Waals surface area contributed by atoms with Crippen LogP contribution in [0.25, 0.3) is 10.9 Å². The first-order valence-corrected chi connectivity index (χ1v) is 12.8. The van der Waals surface area contributed by atoms with Crippen LogP contribution in [0.5, 0.6) is 5.75 Å². The standard InChI is InChI=1S/C28H32ClN5O/c1-3-33(4-2)16-6-18-35-22-10-7-20(8-11-22)27-26-23(24-19-21(29)9-12-25(24)32-26)13-17-34(27)28-30-14-5-15-31-28/h5,7-12,14-15,19,27,32H,3-4,6,13,16-18H2,1-2H3. The molecule has 0 aliphatic carbocycles. The molecule has 1 aliphatic heterocycles. The molecular formula is C28H32ClN5O. The molecule has 4 aromatic rings. The lowest BCUT2D eigenvalue weighted by molar-refractivity contribution is 0.249. The third-order valence-electron chi connectivity index (χ3n) is 6.88. The molecule has 0 bridgehead atoms. The lowest BCUT2D eigenvalue weighted by Gasteiger charge is -2.36. The van der Waals surface area contributed by atoms with Gasteiger partial charge in [0.1, 0.15) is 5.75 Å². The molecular weight excluding hydrogens is 458 g/mol. The largest absolute Gasteiger partial charge is 0.494 e. The maximum absolute atomic E-state index is 6.34. The van der Waals surface area contributed by atoms with Gasteiger partial charge in [0, 0.05) is 47.1 Å². The van der Waals surface area contributed by atoms with Gasteiger partial charge in [0.05, 0.1) is 12.6 Å². The number of hydrogen-bond donors (Lipinski definition) is 1. The summed E-state index contributed by atoms with van der Waals surface area (Å²) in [4.78, 5) is 17.5. The van der Waals surface area contributed by atoms with Crippen molar-refractivity contribution in [1.29, 1.82) is 0 Å². The van der Waals surface area contributed by atoms with Crippen molar-refractivity contribution in [1.82, 2.24) is 19.9 Å². The fourth-order valence-corrected chi connectivity index (χ4v) is 5.20. The molecule has 3 heterocycles. The zero-order valence-corrected chi connectivity index (χ0v) is 21.1. The topological polar surface area (TPSA) is 57.3 Å². The lowest BCUT2D eigenvalue weighted by atomic mass is 9.92. The quantitative estimate of drug-likeness (QED) is 0.298. The highest BCUT2D eigenvalue weighted by Crippen LogP contribution is 2.40. The van der Waals surface area contributed by atoms with Crippen molar-refractivity contribution in [2.45, 2.75) is 32.7 Å². The number of nitrogens with zero attached hydrogens (tertiary/aromatic N) is 4. The molecule has 0 saturated carbocycles. The molecule has 182 valence electrons. The zero-order chi connectivity index (χ0) is 24.2. The van der Waals surface area contributed by atoms with Gasteiger partial charge >= 0.3 is 0 Å². The van der Waals surface area contributed by atoms with Crippen molar-refractivity contribution in [2.75, 3.05) is 37.7 Å². The number of halogens is 1. The highest BCUT2D eigenvalue weighted by molar-refractivity contribution is 6.31. The Morgan fingerprint density at radius 2 is 1.86 bits per heavy atom. The van der Waals surface area contributed by atoms with Gasteiger partial charge in [-0.05, 0) is 73.5 Å². The van der Waals surface area contributed by atoms with Gasteiger partial charge in [-0.3, -0.25) is 0 Å². The van der Waals surface area contributed by atoms with Gasteiger partial charge in [0.25, 0.3) is 0 Å². The number of anilines is 1. The van der Waals surface area contributed by atoms with E-state index in [4.69, 9.17) is 16.3 Å². The number of rotatable bonds is 9. The number of aromatic amines is 1. The fourth-order valence-electron chi connectivity index (χ4n) is 5.03. The van der Waals surface area contributed by atoms with E-state index in [-0.39, 0.29) is 6.04 Å². The molecule has 0 spiro atoms. The first-order valence-electron chi connectivity index (χ1n) is 12.5. The van der Waals surface area contributed by atoms with Gasteiger partial charge in [-0.15, -0.1) is 0 Å². The minimum Gasteiger partial charge on any atom is -0.494 e. The molecule has 2 aromatic carbocycles. The molecule has 0 amide bonds. The van der Waals surface area contributed by atoms with E-state index in [0.29, 0.717) is 0 Å². The zero-order valence-electron chi connectivity index (χ0n) is 20.4. The van der Waals surface area contributed by atoms with Crippen molar-refractivity contribution >= 4 is 28.5 Å². The highest BCUT2D eigenvalue weighted by atomic mass is 35.5. The van der Waals surface area contributed by atoms with Crippen LogP contribution in [0, 0.1) is 0 Å². The molecule has 5 rings (SSSR count). The van der Waals surface area contributed by atoms with Crippen LogP contribution in [-0.2, 0) is 6.42 Å². The van der Waals surface area contributed by atoms with Crippen molar-refractivity contribution in [2.24, 2.45) is 0 Å². The summed E-state index contributed by atoms with van der Waals surface area (Å²) in [6.07, 6.45) is 5.52. The van der Waals surface area contributed by atoms with E-state index in [1.807, 2.05) is 12.1 Å². The monoisotopic (exact) mass is 489 g/mol. The summed E-state index contributed by atoms with van der Waals surface area (Å²) in [6.45, 7) is 9.16. The number of fused-ring (bicyclic) bond motifs is 3.